The molecule has 0 atom stereocenters. The van der Waals surface area contributed by atoms with Gasteiger partial charge in [0, 0.05) is 30.3 Å². The Morgan fingerprint density at radius 2 is 0.931 bits per heavy atom. The molecule has 0 fully saturated rings. The summed E-state index contributed by atoms with van der Waals surface area (Å²) in [5.74, 6) is -2.00. The van der Waals surface area contributed by atoms with Gasteiger partial charge in [-0.1, -0.05) is 83.9 Å². The molecule has 0 aliphatic heterocycles. The van der Waals surface area contributed by atoms with Gasteiger partial charge in [-0.05, 0) is 22.9 Å². The van der Waals surface area contributed by atoms with Gasteiger partial charge in [-0.2, -0.15) is 0 Å². The topological polar surface area (TPSA) is 74.6 Å². The molecule has 0 radical (unpaired) electrons. The standard InChI is InChI=1S/2C11H7ClO2.Zn/c2*12-10-8-4-2-1-3-7(8)5-6-9(10)11(13)14;/h2*1-6H,(H,13,14);. The van der Waals surface area contributed by atoms with Crippen molar-refractivity contribution in [3.8, 4) is 0 Å². The van der Waals surface area contributed by atoms with Gasteiger partial charge in [-0.3, -0.25) is 0 Å². The van der Waals surface area contributed by atoms with Gasteiger partial charge in [0.1, 0.15) is 0 Å². The van der Waals surface area contributed by atoms with Gasteiger partial charge in [-0.25, -0.2) is 9.59 Å². The van der Waals surface area contributed by atoms with Crippen LogP contribution in [-0.2, 0) is 19.5 Å². The minimum atomic E-state index is -0.999. The smallest absolute Gasteiger partial charge is 0.337 e. The fourth-order valence-electron chi connectivity index (χ4n) is 2.80. The molecule has 4 rings (SSSR count). The Balaban J connectivity index is 0.000000200. The van der Waals surface area contributed by atoms with E-state index in [0.29, 0.717) is 10.0 Å². The molecule has 0 bridgehead atoms. The summed E-state index contributed by atoms with van der Waals surface area (Å²) in [6.45, 7) is 0. The second-order valence-electron chi connectivity index (χ2n) is 5.91. The van der Waals surface area contributed by atoms with Crippen molar-refractivity contribution in [1.82, 2.24) is 0 Å². The van der Waals surface area contributed by atoms with Crippen LogP contribution in [0.15, 0.2) is 72.8 Å². The molecule has 7 heteroatoms. The number of hydrogen-bond acceptors (Lipinski definition) is 2. The number of benzene rings is 4. The molecule has 29 heavy (non-hydrogen) atoms. The largest absolute Gasteiger partial charge is 0.478 e. The van der Waals surface area contributed by atoms with Crippen LogP contribution in [0.1, 0.15) is 20.7 Å². The minimum absolute atomic E-state index is 0. The second-order valence-corrected chi connectivity index (χ2v) is 6.66. The number of carbonyl (C=O) groups is 2. The maximum atomic E-state index is 10.8. The molecule has 0 heterocycles. The summed E-state index contributed by atoms with van der Waals surface area (Å²) in [4.78, 5) is 21.6. The van der Waals surface area contributed by atoms with Crippen LogP contribution in [0.2, 0.25) is 10.0 Å². The van der Waals surface area contributed by atoms with E-state index < -0.39 is 11.9 Å². The van der Waals surface area contributed by atoms with E-state index in [1.807, 2.05) is 48.5 Å². The molecule has 2 N–H and O–H groups in total. The third-order valence-electron chi connectivity index (χ3n) is 4.19. The molecule has 0 aliphatic rings. The fourth-order valence-corrected chi connectivity index (χ4v) is 3.43. The van der Waals surface area contributed by atoms with Gasteiger partial charge in [0.15, 0.2) is 0 Å². The number of rotatable bonds is 2. The zero-order valence-electron chi connectivity index (χ0n) is 15.1. The summed E-state index contributed by atoms with van der Waals surface area (Å²) in [6, 6.07) is 21.4. The van der Waals surface area contributed by atoms with Gasteiger partial charge in [0.2, 0.25) is 0 Å². The van der Waals surface area contributed by atoms with Gasteiger partial charge in [0.05, 0.1) is 21.2 Å². The Hall–Kier alpha value is -2.46. The monoisotopic (exact) mass is 476 g/mol. The third kappa shape index (κ3) is 4.94. The summed E-state index contributed by atoms with van der Waals surface area (Å²) in [6.07, 6.45) is 0. The fraction of sp³-hybridized carbons (Fsp3) is 0. The molecule has 4 nitrogen and oxygen atoms in total. The van der Waals surface area contributed by atoms with E-state index >= 15 is 0 Å². The van der Waals surface area contributed by atoms with Crippen LogP contribution in [0.25, 0.3) is 21.5 Å². The number of halogens is 2. The van der Waals surface area contributed by atoms with E-state index in [1.165, 1.54) is 12.1 Å². The predicted octanol–water partition coefficient (Wildman–Crippen LogP) is 6.38. The van der Waals surface area contributed by atoms with Crippen LogP contribution in [0, 0.1) is 0 Å². The molecule has 0 saturated carbocycles. The summed E-state index contributed by atoms with van der Waals surface area (Å²) in [5.41, 5.74) is 0.288. The maximum Gasteiger partial charge on any atom is 0.337 e. The summed E-state index contributed by atoms with van der Waals surface area (Å²) in [5, 5.41) is 21.7. The first-order valence-electron chi connectivity index (χ1n) is 8.21. The van der Waals surface area contributed by atoms with Crippen LogP contribution in [0.5, 0.6) is 0 Å². The van der Waals surface area contributed by atoms with Crippen LogP contribution in [-0.4, -0.2) is 22.2 Å². The quantitative estimate of drug-likeness (QED) is 0.328. The number of aromatic carboxylic acids is 2. The van der Waals surface area contributed by atoms with Crippen molar-refractivity contribution >= 4 is 56.7 Å². The van der Waals surface area contributed by atoms with Crippen LogP contribution in [0.4, 0.5) is 0 Å². The minimum Gasteiger partial charge on any atom is -0.478 e. The Labute approximate surface area is 189 Å². The average Bonchev–Trinajstić information content (AvgIpc) is 2.69. The molecule has 4 aromatic carbocycles. The summed E-state index contributed by atoms with van der Waals surface area (Å²) >= 11 is 11.9. The molecule has 0 spiro atoms. The predicted molar refractivity (Wildman–Crippen MR) is 112 cm³/mol. The number of carboxylic acid groups (broad SMARTS) is 2. The SMILES string of the molecule is O=C(O)c1ccc2ccccc2c1Cl.O=C(O)c1ccc2ccccc2c1Cl.[Zn]. The van der Waals surface area contributed by atoms with Gasteiger partial charge < -0.3 is 10.2 Å². The van der Waals surface area contributed by atoms with Gasteiger partial charge in [0.25, 0.3) is 0 Å². The van der Waals surface area contributed by atoms with E-state index in [9.17, 15) is 9.59 Å². The van der Waals surface area contributed by atoms with Crippen molar-refractivity contribution in [2.75, 3.05) is 0 Å². The Kier molecular flexibility index (Phi) is 7.75. The van der Waals surface area contributed by atoms with Crippen molar-refractivity contribution in [3.63, 3.8) is 0 Å². The maximum absolute atomic E-state index is 10.8. The van der Waals surface area contributed by atoms with Crippen LogP contribution < -0.4 is 0 Å². The Morgan fingerprint density at radius 3 is 1.28 bits per heavy atom. The Bertz CT molecular complexity index is 1110. The number of carboxylic acids is 2. The number of fused-ring (bicyclic) bond motifs is 2. The third-order valence-corrected chi connectivity index (χ3v) is 5.00. The van der Waals surface area contributed by atoms with Crippen LogP contribution >= 0.6 is 23.2 Å². The molecule has 4 aromatic rings. The molecule has 0 unspecified atom stereocenters. The molecule has 0 amide bonds. The molecule has 142 valence electrons. The van der Waals surface area contributed by atoms with Gasteiger partial charge in [-0.15, -0.1) is 0 Å². The first kappa shape index (κ1) is 22.8. The molecule has 0 aromatic heterocycles. The average molecular weight is 479 g/mol. The van der Waals surface area contributed by atoms with E-state index in [2.05, 4.69) is 0 Å². The van der Waals surface area contributed by atoms with Crippen molar-refractivity contribution in [2.24, 2.45) is 0 Å². The molecule has 0 aliphatic carbocycles. The summed E-state index contributed by atoms with van der Waals surface area (Å²) in [7, 11) is 0. The first-order chi connectivity index (χ1) is 13.4. The summed E-state index contributed by atoms with van der Waals surface area (Å²) < 4.78 is 0. The van der Waals surface area contributed by atoms with Crippen molar-refractivity contribution in [2.45, 2.75) is 0 Å². The first-order valence-corrected chi connectivity index (χ1v) is 8.97. The Morgan fingerprint density at radius 1 is 0.586 bits per heavy atom. The molecular weight excluding hydrogens is 465 g/mol. The van der Waals surface area contributed by atoms with Crippen molar-refractivity contribution in [3.05, 3.63) is 94.0 Å². The molecular formula is C22H14Cl2O4Zn. The molecule has 0 saturated heterocycles. The van der Waals surface area contributed by atoms with E-state index in [0.717, 1.165) is 21.5 Å². The zero-order chi connectivity index (χ0) is 20.3. The van der Waals surface area contributed by atoms with Crippen LogP contribution in [0.3, 0.4) is 0 Å². The zero-order valence-corrected chi connectivity index (χ0v) is 19.6. The van der Waals surface area contributed by atoms with E-state index in [1.54, 1.807) is 12.1 Å². The second kappa shape index (κ2) is 9.84. The number of hydrogen-bond donors (Lipinski definition) is 2. The van der Waals surface area contributed by atoms with E-state index in [-0.39, 0.29) is 30.6 Å². The normalized spacial score (nSPS) is 10.0. The van der Waals surface area contributed by atoms with Crippen molar-refractivity contribution < 1.29 is 39.3 Å². The van der Waals surface area contributed by atoms with E-state index in [4.69, 9.17) is 33.4 Å². The van der Waals surface area contributed by atoms with Gasteiger partial charge >= 0.3 is 11.9 Å². The van der Waals surface area contributed by atoms with Crippen molar-refractivity contribution in [1.29, 1.82) is 0 Å².